The maximum absolute atomic E-state index is 13.7. The third kappa shape index (κ3) is 27.6. The molecule has 0 bridgehead atoms. The molecule has 12 aromatic rings. The number of hydrogen-bond acceptors (Lipinski definition) is 20. The Bertz CT molecular complexity index is 6170. The van der Waals surface area contributed by atoms with Gasteiger partial charge in [0, 0.05) is 98.7 Å². The summed E-state index contributed by atoms with van der Waals surface area (Å²) >= 11 is 12.4. The predicted molar refractivity (Wildman–Crippen MR) is 513 cm³/mol. The van der Waals surface area contributed by atoms with Crippen LogP contribution < -0.4 is 51.4 Å². The van der Waals surface area contributed by atoms with E-state index in [1.165, 1.54) is 67.3 Å². The maximum atomic E-state index is 13.7. The quantitative estimate of drug-likeness (QED) is 0.00786. The van der Waals surface area contributed by atoms with Crippen LogP contribution in [0.5, 0.6) is 17.2 Å². The number of anilines is 6. The summed E-state index contributed by atoms with van der Waals surface area (Å²) in [6, 6.07) is 39.8. The highest BCUT2D eigenvalue weighted by Crippen LogP contribution is 2.40. The van der Waals surface area contributed by atoms with Crippen LogP contribution in [0.3, 0.4) is 0 Å². The van der Waals surface area contributed by atoms with Gasteiger partial charge in [0.05, 0.1) is 69.2 Å². The molecule has 7 aromatic carbocycles. The highest BCUT2D eigenvalue weighted by molar-refractivity contribution is 6.70. The third-order valence-electron chi connectivity index (χ3n) is 21.3. The zero-order valence-electron chi connectivity index (χ0n) is 75.0. The molecule has 13 N–H and O–H groups in total. The molecule has 686 valence electrons. The molecule has 26 nitrogen and oxygen atoms in total. The molecule has 130 heavy (non-hydrogen) atoms. The lowest BCUT2D eigenvalue weighted by atomic mass is 10.0. The largest absolute Gasteiger partial charge is 0.493 e. The van der Waals surface area contributed by atoms with E-state index < -0.39 is 48.0 Å². The molecule has 5 aromatic heterocycles. The number of aromatic nitrogens is 6. The first-order chi connectivity index (χ1) is 61.6. The van der Waals surface area contributed by atoms with Crippen molar-refractivity contribution in [2.45, 2.75) is 137 Å². The molecule has 35 heteroatoms. The van der Waals surface area contributed by atoms with Crippen molar-refractivity contribution < 1.29 is 74.9 Å². The molecule has 0 radical (unpaired) electrons. The fourth-order valence-electron chi connectivity index (χ4n) is 14.3. The van der Waals surface area contributed by atoms with Gasteiger partial charge in [0.25, 0.3) is 23.6 Å². The summed E-state index contributed by atoms with van der Waals surface area (Å²) in [7, 11) is -4.82. The number of nitrogens with one attached hydrogen (secondary N) is 9. The number of halogens is 6. The van der Waals surface area contributed by atoms with Crippen LogP contribution in [0.1, 0.15) is 111 Å². The lowest BCUT2D eigenvalue weighted by Gasteiger charge is -2.23. The Morgan fingerprint density at radius 3 is 1.69 bits per heavy atom. The number of benzene rings is 7. The van der Waals surface area contributed by atoms with Crippen LogP contribution in [-0.4, -0.2) is 161 Å². The smallest absolute Gasteiger partial charge is 0.256 e. The number of ether oxygens (including phenoxy) is 3. The number of nitrogens with zero attached hydrogens (tertiary/aromatic N) is 5. The molecular weight excluding hydrogens is 1760 g/mol. The zero-order valence-corrected chi connectivity index (χ0v) is 79.6. The van der Waals surface area contributed by atoms with Crippen LogP contribution in [0.25, 0.3) is 56.4 Å². The third-order valence-corrected chi connectivity index (χ3v) is 26.3. The molecule has 0 saturated heterocycles. The molecular formula is C95H110Cl2F4N14O12Si3. The maximum Gasteiger partial charge on any atom is 0.256 e. The van der Waals surface area contributed by atoms with Gasteiger partial charge in [-0.05, 0) is 282 Å². The van der Waals surface area contributed by atoms with Gasteiger partial charge in [0.15, 0.2) is 36.5 Å². The highest BCUT2D eigenvalue weighted by Gasteiger charge is 2.30. The number of methoxy groups -OCH3 is 1. The van der Waals surface area contributed by atoms with Gasteiger partial charge >= 0.3 is 0 Å². The van der Waals surface area contributed by atoms with Crippen LogP contribution in [0, 0.1) is 51.0 Å². The number of fused-ring (bicyclic) bond motifs is 4. The van der Waals surface area contributed by atoms with Crippen molar-refractivity contribution in [2.75, 3.05) is 74.3 Å². The molecule has 0 fully saturated rings. The van der Waals surface area contributed by atoms with Crippen LogP contribution >= 0.6 is 23.2 Å². The van der Waals surface area contributed by atoms with Crippen LogP contribution in [0.4, 0.5) is 51.9 Å². The first-order valence-corrected chi connectivity index (χ1v) is 52.7. The number of amides is 4. The van der Waals surface area contributed by atoms with Gasteiger partial charge in [0.1, 0.15) is 71.4 Å². The number of likely N-dealkylation sites (N-methyl/N-ethyl adjacent to an activating group) is 1. The number of H-pyrrole nitrogens is 2. The van der Waals surface area contributed by atoms with E-state index in [9.17, 15) is 56.2 Å². The molecule has 2 aliphatic rings. The summed E-state index contributed by atoms with van der Waals surface area (Å²) in [6.07, 6.45) is 7.55. The van der Waals surface area contributed by atoms with Crippen LogP contribution in [-0.2, 0) is 22.7 Å². The van der Waals surface area contributed by atoms with Crippen molar-refractivity contribution in [1.82, 2.24) is 50.8 Å². The van der Waals surface area contributed by atoms with Crippen molar-refractivity contribution in [2.24, 2.45) is 0 Å². The number of aliphatic hydroxyl groups is 1. The van der Waals surface area contributed by atoms with E-state index >= 15 is 0 Å². The zero-order chi connectivity index (χ0) is 94.1. The standard InChI is InChI=1S/C30H30ClFN4O3Si.C24H33FN4O3Si.C21H23ClFN3O3.C20H24FN3O3Si/c1-40(2,37)13-12-33-17-24-8-11-28(39-24)21-6-9-27-25(15-21)30(35-19-34-27)36-23-7-10-29(26(31)16-23)38-18-20-4-3-5-22(32)14-20;1-6-29(11-12-33(4,5)32)10-9-26-24(31)22-15(2)21(27-16(22)3)14-19-18-13-17(25)7-8-20(18)28-23(19)30;1-21(2,27)7-4-8-29-19-10-14-17(11-18(19)28-3)24-12-25-20(14)26-13-5-6-16(23)15(22)9-13;1-11-17(10-15-14-9-13(21)5-6-16(14)24-19(15)25)23-12(2)18(11)20(26)22-7-8-28(3,4)27/h3-11,14-16,19,33,37H,12-13,17-18H2,1-2H3,(H,34,35,36);7-8,13-14,27,32H,6,9-12H2,1-5H3,(H,26,31)(H,28,30);5-6,9-12,27H,4,7-8H2,1-3H3,(H,24,25,26);5-6,9-10,23,27H,7-8H2,1-4H3,(H,22,26)(H,24,25)/b;19-14-;;15-10-. The fourth-order valence-corrected chi connectivity index (χ4v) is 17.1. The monoisotopic (exact) mass is 1870 g/mol. The Hall–Kier alpha value is -11.9. The molecule has 0 saturated carbocycles. The first kappa shape index (κ1) is 98.7. The number of aromatic amines is 2. The predicted octanol–water partition coefficient (Wildman–Crippen LogP) is 19.1. The average molecular weight is 1870 g/mol. The van der Waals surface area contributed by atoms with E-state index in [1.807, 2.05) is 89.5 Å². The van der Waals surface area contributed by atoms with Crippen LogP contribution in [0.2, 0.25) is 67.5 Å². The molecule has 14 rings (SSSR count). The Morgan fingerprint density at radius 2 is 1.14 bits per heavy atom. The van der Waals surface area contributed by atoms with Gasteiger partial charge < -0.3 is 90.2 Å². The summed E-state index contributed by atoms with van der Waals surface area (Å²) in [6.45, 7) is 29.4. The van der Waals surface area contributed by atoms with Crippen molar-refractivity contribution >= 4 is 151 Å². The molecule has 0 spiro atoms. The summed E-state index contributed by atoms with van der Waals surface area (Å²) in [5, 5.41) is 32.9. The van der Waals surface area contributed by atoms with Crippen molar-refractivity contribution in [3.8, 4) is 28.6 Å². The van der Waals surface area contributed by atoms with Crippen molar-refractivity contribution in [1.29, 1.82) is 0 Å². The van der Waals surface area contributed by atoms with E-state index in [2.05, 4.69) is 78.9 Å². The number of furan rings is 1. The van der Waals surface area contributed by atoms with Gasteiger partial charge in [-0.1, -0.05) is 42.3 Å². The second-order valence-corrected chi connectivity index (χ2v) is 47.4. The SMILES string of the molecule is CCN(CCNC(=O)c1c(C)[nH]c(/C=C2\C(=O)Nc3ccc(F)cc32)c1C)CC[Si](C)(C)O.COc1cc2ncnc(Nc3ccc(F)c(Cl)c3)c2cc1OCCCC(C)(C)O.C[Si](C)(O)CCNCc1ccc(-c2ccc3ncnc(Nc4ccc(OCc5cccc(F)c5)c(Cl)c4)c3c2)o1.Cc1[nH]c(/C=C2\C(=O)Nc3ccc(F)cc32)c(C)c1C(=O)NCC[Si](C)(C)O. The number of carbonyl (C=O) groups is 4. The van der Waals surface area contributed by atoms with Crippen molar-refractivity contribution in [3.63, 3.8) is 0 Å². The number of hydrogen-bond donors (Lipinski definition) is 13. The van der Waals surface area contributed by atoms with Gasteiger partial charge in [-0.2, -0.15) is 0 Å². The van der Waals surface area contributed by atoms with Gasteiger partial charge in [0.2, 0.25) is 0 Å². The molecule has 0 aliphatic carbocycles. The van der Waals surface area contributed by atoms with E-state index in [0.29, 0.717) is 181 Å². The highest BCUT2D eigenvalue weighted by atomic mass is 35.5. The Kier molecular flexibility index (Phi) is 33.2. The lowest BCUT2D eigenvalue weighted by Crippen LogP contribution is -2.38. The van der Waals surface area contributed by atoms with E-state index in [-0.39, 0.29) is 41.1 Å². The summed E-state index contributed by atoms with van der Waals surface area (Å²) in [5.74, 6) is 1.66. The van der Waals surface area contributed by atoms with E-state index in [4.69, 9.17) is 41.8 Å². The van der Waals surface area contributed by atoms with Crippen LogP contribution in [0.15, 0.2) is 157 Å². The Balaban J connectivity index is 0.000000169. The topological polar surface area (TPSA) is 361 Å². The summed E-state index contributed by atoms with van der Waals surface area (Å²) < 4.78 is 77.4. The molecule has 7 heterocycles. The first-order valence-electron chi connectivity index (χ1n) is 42.5. The normalized spacial score (nSPS) is 13.1. The molecule has 2 aliphatic heterocycles. The molecule has 4 amide bonds. The minimum absolute atomic E-state index is 0.0193. The van der Waals surface area contributed by atoms with E-state index in [1.54, 1.807) is 95.5 Å². The van der Waals surface area contributed by atoms with Gasteiger partial charge in [-0.15, -0.1) is 0 Å². The fraction of sp³-hybridized carbons (Fsp3) is 0.305. The lowest BCUT2D eigenvalue weighted by molar-refractivity contribution is -0.111. The van der Waals surface area contributed by atoms with Gasteiger partial charge in [-0.25, -0.2) is 37.5 Å². The van der Waals surface area contributed by atoms with Crippen molar-refractivity contribution in [3.05, 3.63) is 253 Å². The Morgan fingerprint density at radius 1 is 0.585 bits per heavy atom. The summed E-state index contributed by atoms with van der Waals surface area (Å²) in [5.41, 5.74) is 11.7. The second-order valence-electron chi connectivity index (χ2n) is 34.2. The minimum Gasteiger partial charge on any atom is -0.493 e. The Labute approximate surface area is 765 Å². The second kappa shape index (κ2) is 43.7. The van der Waals surface area contributed by atoms with E-state index in [0.717, 1.165) is 71.0 Å². The number of carbonyl (C=O) groups excluding carboxylic acids is 4. The number of rotatable bonds is 33. The minimum atomic E-state index is -2.22. The molecule has 0 unspecified atom stereocenters. The van der Waals surface area contributed by atoms with Gasteiger partial charge in [-0.3, -0.25) is 19.2 Å². The summed E-state index contributed by atoms with van der Waals surface area (Å²) in [4.78, 5) is 106. The number of aryl methyl sites for hydroxylation is 2. The average Bonchev–Trinajstić information content (AvgIpc) is 1.65. The molecule has 0 atom stereocenters.